The third-order valence-electron chi connectivity index (χ3n) is 1.66. The zero-order valence-electron chi connectivity index (χ0n) is 6.79. The van der Waals surface area contributed by atoms with Crippen LogP contribution in [0.25, 0.3) is 0 Å². The molecule has 14 heavy (non-hydrogen) atoms. The number of rotatable bonds is 2. The van der Waals surface area contributed by atoms with Gasteiger partial charge in [-0.2, -0.15) is 0 Å². The Morgan fingerprint density at radius 3 is 2.57 bits per heavy atom. The van der Waals surface area contributed by atoms with Crippen molar-refractivity contribution in [3.8, 4) is 0 Å². The van der Waals surface area contributed by atoms with E-state index in [1.54, 1.807) is 18.2 Å². The lowest BCUT2D eigenvalue weighted by atomic mass is 10.2. The van der Waals surface area contributed by atoms with E-state index in [4.69, 9.17) is 4.42 Å². The highest BCUT2D eigenvalue weighted by Crippen LogP contribution is 2.27. The number of thiophene rings is 1. The molecular formula is C9H4Br2O2S. The van der Waals surface area contributed by atoms with Crippen LogP contribution >= 0.6 is 43.2 Å². The fourth-order valence-electron chi connectivity index (χ4n) is 1.02. The first-order valence-electron chi connectivity index (χ1n) is 3.71. The van der Waals surface area contributed by atoms with Crippen LogP contribution in [0, 0.1) is 0 Å². The second-order valence-corrected chi connectivity index (χ2v) is 5.56. The number of furan rings is 1. The van der Waals surface area contributed by atoms with E-state index in [1.165, 1.54) is 11.3 Å². The molecule has 0 N–H and O–H groups in total. The zero-order chi connectivity index (χ0) is 10.1. The first-order valence-corrected chi connectivity index (χ1v) is 6.18. The van der Waals surface area contributed by atoms with Crippen molar-refractivity contribution in [3.63, 3.8) is 0 Å². The Kier molecular flexibility index (Phi) is 2.90. The summed E-state index contributed by atoms with van der Waals surface area (Å²) >= 11 is 7.95. The summed E-state index contributed by atoms with van der Waals surface area (Å²) in [6.45, 7) is 0. The molecule has 0 atom stereocenters. The molecule has 0 unspecified atom stereocenters. The summed E-state index contributed by atoms with van der Waals surface area (Å²) in [6.07, 6.45) is 0. The van der Waals surface area contributed by atoms with Crippen molar-refractivity contribution >= 4 is 49.0 Å². The van der Waals surface area contributed by atoms with E-state index in [0.29, 0.717) is 16.0 Å². The molecule has 2 heterocycles. The van der Waals surface area contributed by atoms with Crippen LogP contribution in [0.5, 0.6) is 0 Å². The van der Waals surface area contributed by atoms with Crippen LogP contribution in [0.15, 0.2) is 36.5 Å². The largest absolute Gasteiger partial charge is 0.446 e. The second-order valence-electron chi connectivity index (χ2n) is 2.54. The SMILES string of the molecule is O=C(c1ccc(Br)o1)c1ccsc1Br. The normalized spacial score (nSPS) is 10.4. The molecule has 0 aliphatic carbocycles. The van der Waals surface area contributed by atoms with Gasteiger partial charge < -0.3 is 4.42 Å². The van der Waals surface area contributed by atoms with Gasteiger partial charge in [0.1, 0.15) is 0 Å². The van der Waals surface area contributed by atoms with E-state index in [-0.39, 0.29) is 5.78 Å². The van der Waals surface area contributed by atoms with Gasteiger partial charge in [0.15, 0.2) is 10.4 Å². The van der Waals surface area contributed by atoms with Crippen LogP contribution in [0.1, 0.15) is 16.1 Å². The van der Waals surface area contributed by atoms with Gasteiger partial charge in [0.25, 0.3) is 0 Å². The molecular weight excluding hydrogens is 332 g/mol. The van der Waals surface area contributed by atoms with Crippen LogP contribution in [0.2, 0.25) is 0 Å². The maximum atomic E-state index is 11.8. The molecule has 0 fully saturated rings. The molecule has 0 bridgehead atoms. The molecule has 0 spiro atoms. The highest BCUT2D eigenvalue weighted by Gasteiger charge is 2.16. The molecule has 2 aromatic heterocycles. The molecule has 0 aliphatic heterocycles. The number of hydrogen-bond donors (Lipinski definition) is 0. The summed E-state index contributed by atoms with van der Waals surface area (Å²) in [6, 6.07) is 5.12. The van der Waals surface area contributed by atoms with Crippen molar-refractivity contribution in [2.24, 2.45) is 0 Å². The maximum absolute atomic E-state index is 11.8. The van der Waals surface area contributed by atoms with Gasteiger partial charge in [-0.1, -0.05) is 0 Å². The lowest BCUT2D eigenvalue weighted by molar-refractivity contribution is 0.101. The van der Waals surface area contributed by atoms with Crippen molar-refractivity contribution in [1.29, 1.82) is 0 Å². The Labute approximate surface area is 101 Å². The number of ketones is 1. The minimum absolute atomic E-state index is 0.108. The quantitative estimate of drug-likeness (QED) is 0.773. The molecule has 0 amide bonds. The van der Waals surface area contributed by atoms with Gasteiger partial charge in [-0.3, -0.25) is 4.79 Å². The van der Waals surface area contributed by atoms with Gasteiger partial charge in [0.05, 0.1) is 9.35 Å². The highest BCUT2D eigenvalue weighted by molar-refractivity contribution is 9.11. The van der Waals surface area contributed by atoms with Crippen molar-refractivity contribution in [2.75, 3.05) is 0 Å². The number of carbonyl (C=O) groups is 1. The van der Waals surface area contributed by atoms with Gasteiger partial charge in [0, 0.05) is 0 Å². The first-order chi connectivity index (χ1) is 6.68. The Bertz CT molecular complexity index is 473. The van der Waals surface area contributed by atoms with Crippen molar-refractivity contribution in [2.45, 2.75) is 0 Å². The number of halogens is 2. The van der Waals surface area contributed by atoms with Crippen LogP contribution in [-0.4, -0.2) is 5.78 Å². The second kappa shape index (κ2) is 4.00. The number of hydrogen-bond acceptors (Lipinski definition) is 3. The van der Waals surface area contributed by atoms with Crippen LogP contribution in [-0.2, 0) is 0 Å². The van der Waals surface area contributed by atoms with Crippen molar-refractivity contribution in [3.05, 3.63) is 43.4 Å². The summed E-state index contributed by atoms with van der Waals surface area (Å²) in [7, 11) is 0. The third-order valence-corrected chi connectivity index (χ3v) is 3.77. The van der Waals surface area contributed by atoms with E-state index in [9.17, 15) is 4.79 Å². The molecule has 0 aromatic carbocycles. The van der Waals surface area contributed by atoms with E-state index < -0.39 is 0 Å². The Morgan fingerprint density at radius 2 is 2.07 bits per heavy atom. The average Bonchev–Trinajstić information content (AvgIpc) is 2.73. The van der Waals surface area contributed by atoms with Crippen molar-refractivity contribution < 1.29 is 9.21 Å². The smallest absolute Gasteiger partial charge is 0.230 e. The summed E-state index contributed by atoms with van der Waals surface area (Å²) in [5.74, 6) is 0.236. The van der Waals surface area contributed by atoms with Crippen LogP contribution < -0.4 is 0 Å². The predicted octanol–water partition coefficient (Wildman–Crippen LogP) is 4.10. The highest BCUT2D eigenvalue weighted by atomic mass is 79.9. The Balaban J connectivity index is 2.38. The van der Waals surface area contributed by atoms with Gasteiger partial charge in [-0.15, -0.1) is 11.3 Å². The van der Waals surface area contributed by atoms with E-state index in [0.717, 1.165) is 3.79 Å². The summed E-state index contributed by atoms with van der Waals surface area (Å²) in [5.41, 5.74) is 0.636. The average molecular weight is 336 g/mol. The number of carbonyl (C=O) groups excluding carboxylic acids is 1. The lowest BCUT2D eigenvalue weighted by Gasteiger charge is -1.93. The molecule has 5 heteroatoms. The first kappa shape index (κ1) is 10.1. The zero-order valence-corrected chi connectivity index (χ0v) is 10.8. The summed E-state index contributed by atoms with van der Waals surface area (Å²) in [5, 5.41) is 1.86. The van der Waals surface area contributed by atoms with Gasteiger partial charge in [-0.25, -0.2) is 0 Å². The predicted molar refractivity (Wildman–Crippen MR) is 61.9 cm³/mol. The molecule has 0 radical (unpaired) electrons. The van der Waals surface area contributed by atoms with Gasteiger partial charge in [-0.05, 0) is 55.4 Å². The van der Waals surface area contributed by atoms with Crippen molar-refractivity contribution in [1.82, 2.24) is 0 Å². The fourth-order valence-corrected chi connectivity index (χ4v) is 2.58. The third kappa shape index (κ3) is 1.85. The molecule has 2 nitrogen and oxygen atoms in total. The molecule has 72 valence electrons. The minimum atomic E-state index is -0.108. The Hall–Kier alpha value is -0.390. The van der Waals surface area contributed by atoms with Crippen LogP contribution in [0.3, 0.4) is 0 Å². The topological polar surface area (TPSA) is 30.2 Å². The van der Waals surface area contributed by atoms with Crippen LogP contribution in [0.4, 0.5) is 0 Å². The van der Waals surface area contributed by atoms with E-state index >= 15 is 0 Å². The van der Waals surface area contributed by atoms with E-state index in [1.807, 2.05) is 5.38 Å². The minimum Gasteiger partial charge on any atom is -0.446 e. The maximum Gasteiger partial charge on any atom is 0.230 e. The molecule has 2 rings (SSSR count). The Morgan fingerprint density at radius 1 is 1.29 bits per heavy atom. The molecule has 0 aliphatic rings. The summed E-state index contributed by atoms with van der Waals surface area (Å²) in [4.78, 5) is 11.8. The monoisotopic (exact) mass is 334 g/mol. The fraction of sp³-hybridized carbons (Fsp3) is 0. The molecule has 2 aromatic rings. The molecule has 0 saturated carbocycles. The summed E-state index contributed by atoms with van der Waals surface area (Å²) < 4.78 is 6.57. The van der Waals surface area contributed by atoms with Gasteiger partial charge in [0.2, 0.25) is 5.78 Å². The standard InChI is InChI=1S/C9H4Br2O2S/c10-7-2-1-6(13-7)8(12)5-3-4-14-9(5)11/h1-4H. The van der Waals surface area contributed by atoms with Gasteiger partial charge >= 0.3 is 0 Å². The molecule has 0 saturated heterocycles. The lowest BCUT2D eigenvalue weighted by Crippen LogP contribution is -1.97. The van der Waals surface area contributed by atoms with E-state index in [2.05, 4.69) is 31.9 Å².